The summed E-state index contributed by atoms with van der Waals surface area (Å²) in [7, 11) is -0.0712. The predicted octanol–water partition coefficient (Wildman–Crippen LogP) is 7.83. The van der Waals surface area contributed by atoms with E-state index < -0.39 is 0 Å². The number of thiophene rings is 1. The van der Waals surface area contributed by atoms with Crippen molar-refractivity contribution in [1.82, 2.24) is 0 Å². The second kappa shape index (κ2) is 8.66. The van der Waals surface area contributed by atoms with Crippen LogP contribution in [0.5, 0.6) is 11.5 Å². The van der Waals surface area contributed by atoms with Gasteiger partial charge in [-0.3, -0.25) is 0 Å². The molecule has 0 aliphatic heterocycles. The van der Waals surface area contributed by atoms with Crippen LogP contribution >= 0.6 is 10.5 Å². The van der Waals surface area contributed by atoms with Crippen LogP contribution in [0, 0.1) is 0 Å². The lowest BCUT2D eigenvalue weighted by Gasteiger charge is -2.08. The number of ether oxygens (including phenoxy) is 2. The summed E-state index contributed by atoms with van der Waals surface area (Å²) in [6.45, 7) is 4.76. The van der Waals surface area contributed by atoms with Gasteiger partial charge in [0.15, 0.2) is 14.3 Å². The van der Waals surface area contributed by atoms with Crippen molar-refractivity contribution in [2.45, 2.75) is 0 Å². The van der Waals surface area contributed by atoms with Gasteiger partial charge in [-0.1, -0.05) is 49.1 Å². The molecular formula is C28H23O2S+. The highest BCUT2D eigenvalue weighted by Gasteiger charge is 2.22. The van der Waals surface area contributed by atoms with E-state index in [4.69, 9.17) is 9.47 Å². The summed E-state index contributed by atoms with van der Waals surface area (Å²) in [5.41, 5.74) is 1.08. The van der Waals surface area contributed by atoms with E-state index >= 15 is 0 Å². The van der Waals surface area contributed by atoms with Gasteiger partial charge in [-0.15, -0.1) is 0 Å². The third-order valence-electron chi connectivity index (χ3n) is 5.30. The Balaban J connectivity index is 1.29. The van der Waals surface area contributed by atoms with Crippen LogP contribution in [-0.2, 0) is 0 Å². The molecule has 5 aromatic rings. The van der Waals surface area contributed by atoms with E-state index in [-0.39, 0.29) is 10.5 Å². The largest absolute Gasteiger partial charge is 0.490 e. The average molecular weight is 424 g/mol. The summed E-state index contributed by atoms with van der Waals surface area (Å²) in [4.78, 5) is 1.31. The molecule has 0 unspecified atom stereocenters. The fourth-order valence-corrected chi connectivity index (χ4v) is 6.18. The first-order valence-electron chi connectivity index (χ1n) is 10.3. The second-order valence-electron chi connectivity index (χ2n) is 7.24. The highest BCUT2D eigenvalue weighted by molar-refractivity contribution is 7.50. The third-order valence-corrected chi connectivity index (χ3v) is 7.64. The number of hydrogen-bond acceptors (Lipinski definition) is 2. The van der Waals surface area contributed by atoms with Crippen molar-refractivity contribution < 1.29 is 9.47 Å². The Morgan fingerprint density at radius 3 is 1.61 bits per heavy atom. The molecule has 0 atom stereocenters. The lowest BCUT2D eigenvalue weighted by molar-refractivity contribution is 0.217. The van der Waals surface area contributed by atoms with Crippen LogP contribution in [-0.4, -0.2) is 13.2 Å². The van der Waals surface area contributed by atoms with E-state index in [1.807, 2.05) is 30.3 Å². The van der Waals surface area contributed by atoms with E-state index in [2.05, 4.69) is 79.4 Å². The fraction of sp³-hybridized carbons (Fsp3) is 0.0714. The van der Waals surface area contributed by atoms with Gasteiger partial charge in [0.25, 0.3) is 0 Å². The molecule has 0 spiro atoms. The van der Waals surface area contributed by atoms with Gasteiger partial charge in [0.1, 0.15) is 24.7 Å². The van der Waals surface area contributed by atoms with Crippen LogP contribution in [0.1, 0.15) is 5.56 Å². The Labute approximate surface area is 185 Å². The number of hydrogen-bond donors (Lipinski definition) is 0. The van der Waals surface area contributed by atoms with Crippen LogP contribution in [0.25, 0.3) is 31.1 Å². The summed E-state index contributed by atoms with van der Waals surface area (Å²) in [6, 6.07) is 33.8. The summed E-state index contributed by atoms with van der Waals surface area (Å²) in [5.74, 6) is 1.70. The number of benzene rings is 4. The lowest BCUT2D eigenvalue weighted by atomic mass is 10.2. The molecule has 0 aliphatic rings. The minimum atomic E-state index is -0.0712. The molecule has 0 bridgehead atoms. The standard InChI is InChI=1S/C28H23O2S/c1-2-21-11-13-22(14-12-21)29-19-20-30-23-15-17-24(18-16-23)31-27-9-5-3-7-25(27)26-8-4-6-10-28(26)31/h2-18H,1,19-20H2/q+1. The fourth-order valence-electron chi connectivity index (χ4n) is 3.80. The molecule has 0 saturated heterocycles. The van der Waals surface area contributed by atoms with Crippen molar-refractivity contribution in [3.8, 4) is 16.4 Å². The van der Waals surface area contributed by atoms with Gasteiger partial charge in [0.2, 0.25) is 0 Å². The quantitative estimate of drug-likeness (QED) is 0.196. The summed E-state index contributed by atoms with van der Waals surface area (Å²) < 4.78 is 14.4. The topological polar surface area (TPSA) is 18.5 Å². The maximum Gasteiger partial charge on any atom is 0.187 e. The van der Waals surface area contributed by atoms with E-state index in [0.29, 0.717) is 13.2 Å². The maximum atomic E-state index is 5.89. The minimum Gasteiger partial charge on any atom is -0.490 e. The number of fused-ring (bicyclic) bond motifs is 3. The van der Waals surface area contributed by atoms with Gasteiger partial charge in [-0.05, 0) is 54.1 Å². The van der Waals surface area contributed by atoms with Crippen LogP contribution in [0.4, 0.5) is 0 Å². The van der Waals surface area contributed by atoms with Gasteiger partial charge < -0.3 is 9.47 Å². The van der Waals surface area contributed by atoms with Crippen molar-refractivity contribution in [3.05, 3.63) is 109 Å². The Hall–Kier alpha value is -3.56. The normalized spacial score (nSPS) is 11.0. The van der Waals surface area contributed by atoms with Gasteiger partial charge in [-0.25, -0.2) is 0 Å². The average Bonchev–Trinajstić information content (AvgIpc) is 3.17. The molecular weight excluding hydrogens is 400 g/mol. The van der Waals surface area contributed by atoms with Crippen LogP contribution < -0.4 is 9.47 Å². The molecule has 0 N–H and O–H groups in total. The molecule has 1 heterocycles. The Kier molecular flexibility index (Phi) is 5.42. The van der Waals surface area contributed by atoms with Crippen molar-refractivity contribution in [2.75, 3.05) is 13.2 Å². The van der Waals surface area contributed by atoms with E-state index in [1.54, 1.807) is 0 Å². The Bertz CT molecular complexity index is 1280. The molecule has 0 amide bonds. The zero-order valence-electron chi connectivity index (χ0n) is 17.2. The summed E-state index contributed by atoms with van der Waals surface area (Å²) >= 11 is 0. The Morgan fingerprint density at radius 2 is 1.10 bits per heavy atom. The van der Waals surface area contributed by atoms with Crippen LogP contribution in [0.2, 0.25) is 0 Å². The third kappa shape index (κ3) is 3.92. The molecule has 0 radical (unpaired) electrons. The molecule has 31 heavy (non-hydrogen) atoms. The highest BCUT2D eigenvalue weighted by atomic mass is 32.2. The van der Waals surface area contributed by atoms with Gasteiger partial charge in [-0.2, -0.15) is 0 Å². The predicted molar refractivity (Wildman–Crippen MR) is 133 cm³/mol. The highest BCUT2D eigenvalue weighted by Crippen LogP contribution is 2.48. The molecule has 0 aliphatic carbocycles. The smallest absolute Gasteiger partial charge is 0.187 e. The maximum absolute atomic E-state index is 5.89. The first kappa shape index (κ1) is 19.4. The number of rotatable bonds is 7. The van der Waals surface area contributed by atoms with E-state index in [0.717, 1.165) is 17.1 Å². The second-order valence-corrected chi connectivity index (χ2v) is 9.20. The van der Waals surface area contributed by atoms with E-state index in [9.17, 15) is 0 Å². The molecule has 4 aromatic carbocycles. The van der Waals surface area contributed by atoms with Gasteiger partial charge in [0.05, 0.1) is 0 Å². The molecule has 1 aromatic heterocycles. The summed E-state index contributed by atoms with van der Waals surface area (Å²) in [6.07, 6.45) is 1.82. The molecule has 0 saturated carbocycles. The van der Waals surface area contributed by atoms with Crippen molar-refractivity contribution in [3.63, 3.8) is 0 Å². The molecule has 3 heteroatoms. The zero-order chi connectivity index (χ0) is 21.0. The van der Waals surface area contributed by atoms with Crippen molar-refractivity contribution >= 4 is 36.7 Å². The van der Waals surface area contributed by atoms with E-state index in [1.165, 1.54) is 25.1 Å². The summed E-state index contributed by atoms with van der Waals surface area (Å²) in [5, 5.41) is 2.69. The van der Waals surface area contributed by atoms with Gasteiger partial charge >= 0.3 is 0 Å². The van der Waals surface area contributed by atoms with Crippen molar-refractivity contribution in [2.24, 2.45) is 0 Å². The molecule has 2 nitrogen and oxygen atoms in total. The first-order valence-corrected chi connectivity index (χ1v) is 11.6. The van der Waals surface area contributed by atoms with Gasteiger partial charge in [0, 0.05) is 33.4 Å². The molecule has 5 rings (SSSR count). The molecule has 152 valence electrons. The first-order chi connectivity index (χ1) is 15.3. The zero-order valence-corrected chi connectivity index (χ0v) is 18.0. The lowest BCUT2D eigenvalue weighted by Crippen LogP contribution is -2.08. The minimum absolute atomic E-state index is 0.0712. The SMILES string of the molecule is C=Cc1ccc(OCCOc2ccc(-[s+]3c4ccccc4c4ccccc43)cc2)cc1. The van der Waals surface area contributed by atoms with Crippen LogP contribution in [0.15, 0.2) is 104 Å². The van der Waals surface area contributed by atoms with Crippen LogP contribution in [0.3, 0.4) is 0 Å². The molecule has 0 fully saturated rings. The Morgan fingerprint density at radius 1 is 0.613 bits per heavy atom. The van der Waals surface area contributed by atoms with Crippen molar-refractivity contribution in [1.29, 1.82) is 0 Å². The monoisotopic (exact) mass is 423 g/mol.